The molecule has 0 aliphatic rings. The van der Waals surface area contributed by atoms with E-state index in [9.17, 15) is 9.59 Å². The van der Waals surface area contributed by atoms with Gasteiger partial charge in [-0.1, -0.05) is 6.42 Å². The normalized spacial score (nSPS) is 10.5. The van der Waals surface area contributed by atoms with Crippen molar-refractivity contribution in [2.75, 3.05) is 0 Å². The van der Waals surface area contributed by atoms with Crippen LogP contribution in [0.3, 0.4) is 0 Å². The first-order chi connectivity index (χ1) is 8.02. The van der Waals surface area contributed by atoms with Gasteiger partial charge in [-0.15, -0.1) is 0 Å². The SMILES string of the molecule is Cc1ncn(CCCCCC(=O)O)c(=O)c1I. The van der Waals surface area contributed by atoms with E-state index < -0.39 is 5.97 Å². The minimum absolute atomic E-state index is 0.0173. The average molecular weight is 350 g/mol. The van der Waals surface area contributed by atoms with Crippen LogP contribution in [0.5, 0.6) is 0 Å². The highest BCUT2D eigenvalue weighted by Crippen LogP contribution is 2.04. The molecule has 0 aliphatic carbocycles. The summed E-state index contributed by atoms with van der Waals surface area (Å²) in [7, 11) is 0. The molecule has 1 N–H and O–H groups in total. The fourth-order valence-electron chi connectivity index (χ4n) is 1.44. The van der Waals surface area contributed by atoms with E-state index in [1.54, 1.807) is 17.8 Å². The van der Waals surface area contributed by atoms with Gasteiger partial charge in [0.1, 0.15) is 0 Å². The summed E-state index contributed by atoms with van der Waals surface area (Å²) < 4.78 is 2.23. The summed E-state index contributed by atoms with van der Waals surface area (Å²) in [5, 5.41) is 8.47. The van der Waals surface area contributed by atoms with Gasteiger partial charge in [-0.05, 0) is 42.4 Å². The number of nitrogens with zero attached hydrogens (tertiary/aromatic N) is 2. The van der Waals surface area contributed by atoms with Crippen LogP contribution >= 0.6 is 22.6 Å². The quantitative estimate of drug-likeness (QED) is 0.627. The third-order valence-electron chi connectivity index (χ3n) is 2.45. The van der Waals surface area contributed by atoms with E-state index in [1.807, 2.05) is 22.6 Å². The van der Waals surface area contributed by atoms with Crippen LogP contribution in [0.1, 0.15) is 31.4 Å². The molecular weight excluding hydrogens is 335 g/mol. The van der Waals surface area contributed by atoms with Crippen LogP contribution in [0.2, 0.25) is 0 Å². The van der Waals surface area contributed by atoms with Crippen LogP contribution in [0.25, 0.3) is 0 Å². The lowest BCUT2D eigenvalue weighted by molar-refractivity contribution is -0.137. The Morgan fingerprint density at radius 3 is 2.82 bits per heavy atom. The molecule has 0 atom stereocenters. The molecule has 0 aliphatic heterocycles. The number of aliphatic carboxylic acids is 1. The number of rotatable bonds is 6. The summed E-state index contributed by atoms with van der Waals surface area (Å²) in [5.41, 5.74) is 0.731. The van der Waals surface area contributed by atoms with Crippen molar-refractivity contribution in [1.82, 2.24) is 9.55 Å². The van der Waals surface area contributed by atoms with Crippen LogP contribution in [-0.4, -0.2) is 20.6 Å². The van der Waals surface area contributed by atoms with E-state index >= 15 is 0 Å². The van der Waals surface area contributed by atoms with Gasteiger partial charge < -0.3 is 5.11 Å². The number of carboxylic acid groups (broad SMARTS) is 1. The summed E-state index contributed by atoms with van der Waals surface area (Å²) in [6.45, 7) is 2.40. The zero-order valence-electron chi connectivity index (χ0n) is 9.65. The number of hydrogen-bond donors (Lipinski definition) is 1. The highest BCUT2D eigenvalue weighted by molar-refractivity contribution is 14.1. The number of carboxylic acids is 1. The van der Waals surface area contributed by atoms with Crippen molar-refractivity contribution in [1.29, 1.82) is 0 Å². The molecule has 0 aromatic carbocycles. The summed E-state index contributed by atoms with van der Waals surface area (Å²) in [4.78, 5) is 26.2. The minimum Gasteiger partial charge on any atom is -0.481 e. The van der Waals surface area contributed by atoms with Crippen molar-refractivity contribution in [3.05, 3.63) is 25.9 Å². The van der Waals surface area contributed by atoms with Crippen molar-refractivity contribution in [2.45, 2.75) is 39.2 Å². The van der Waals surface area contributed by atoms with E-state index in [4.69, 9.17) is 5.11 Å². The van der Waals surface area contributed by atoms with Gasteiger partial charge in [-0.25, -0.2) is 4.98 Å². The summed E-state index contributed by atoms with van der Waals surface area (Å²) in [6, 6.07) is 0. The lowest BCUT2D eigenvalue weighted by Gasteiger charge is -2.06. The fourth-order valence-corrected chi connectivity index (χ4v) is 1.89. The lowest BCUT2D eigenvalue weighted by atomic mass is 10.2. The van der Waals surface area contributed by atoms with Gasteiger partial charge in [0.15, 0.2) is 0 Å². The third-order valence-corrected chi connectivity index (χ3v) is 3.69. The highest BCUT2D eigenvalue weighted by atomic mass is 127. The van der Waals surface area contributed by atoms with E-state index in [1.165, 1.54) is 0 Å². The van der Waals surface area contributed by atoms with Gasteiger partial charge in [-0.2, -0.15) is 0 Å². The highest BCUT2D eigenvalue weighted by Gasteiger charge is 2.04. The monoisotopic (exact) mass is 350 g/mol. The van der Waals surface area contributed by atoms with Gasteiger partial charge in [0.25, 0.3) is 5.56 Å². The molecule has 1 aromatic rings. The number of hydrogen-bond acceptors (Lipinski definition) is 3. The zero-order chi connectivity index (χ0) is 12.8. The number of unbranched alkanes of at least 4 members (excludes halogenated alkanes) is 2. The Morgan fingerprint density at radius 1 is 1.47 bits per heavy atom. The minimum atomic E-state index is -0.770. The first kappa shape index (κ1) is 14.1. The largest absolute Gasteiger partial charge is 0.481 e. The van der Waals surface area contributed by atoms with E-state index in [0.717, 1.165) is 18.5 Å². The second kappa shape index (κ2) is 6.73. The number of carbonyl (C=O) groups is 1. The number of aromatic nitrogens is 2. The first-order valence-electron chi connectivity index (χ1n) is 5.45. The second-order valence-corrected chi connectivity index (χ2v) is 4.93. The van der Waals surface area contributed by atoms with Crippen molar-refractivity contribution in [3.63, 3.8) is 0 Å². The van der Waals surface area contributed by atoms with Gasteiger partial charge in [0, 0.05) is 13.0 Å². The topological polar surface area (TPSA) is 72.2 Å². The smallest absolute Gasteiger partial charge is 0.303 e. The van der Waals surface area contributed by atoms with Crippen molar-refractivity contribution < 1.29 is 9.90 Å². The molecule has 0 saturated heterocycles. The van der Waals surface area contributed by atoms with Crippen LogP contribution in [0.15, 0.2) is 11.1 Å². The molecular formula is C11H15IN2O3. The van der Waals surface area contributed by atoms with Crippen LogP contribution < -0.4 is 5.56 Å². The molecule has 0 saturated carbocycles. The Balaban J connectivity index is 2.45. The molecule has 1 rings (SSSR count). The van der Waals surface area contributed by atoms with Gasteiger partial charge in [-0.3, -0.25) is 14.2 Å². The molecule has 0 fully saturated rings. The fraction of sp³-hybridized carbons (Fsp3) is 0.545. The van der Waals surface area contributed by atoms with Gasteiger partial charge in [0.05, 0.1) is 15.6 Å². The third kappa shape index (κ3) is 4.45. The molecule has 0 bridgehead atoms. The zero-order valence-corrected chi connectivity index (χ0v) is 11.8. The molecule has 0 radical (unpaired) electrons. The summed E-state index contributed by atoms with van der Waals surface area (Å²) >= 11 is 2.00. The molecule has 17 heavy (non-hydrogen) atoms. The standard InChI is InChI=1S/C11H15IN2O3/c1-8-10(12)11(17)14(7-13-8)6-4-2-3-5-9(15)16/h7H,2-6H2,1H3,(H,15,16). The number of aryl methyl sites for hydroxylation is 2. The number of halogens is 1. The molecule has 0 spiro atoms. The maximum atomic E-state index is 11.8. The molecule has 0 unspecified atom stereocenters. The van der Waals surface area contributed by atoms with Crippen molar-refractivity contribution in [2.24, 2.45) is 0 Å². The lowest BCUT2D eigenvalue weighted by Crippen LogP contribution is -2.24. The predicted octanol–water partition coefficient (Wildman–Crippen LogP) is 1.80. The van der Waals surface area contributed by atoms with Crippen molar-refractivity contribution >= 4 is 28.6 Å². The van der Waals surface area contributed by atoms with E-state index in [2.05, 4.69) is 4.98 Å². The van der Waals surface area contributed by atoms with E-state index in [-0.39, 0.29) is 12.0 Å². The summed E-state index contributed by atoms with van der Waals surface area (Å²) in [5.74, 6) is -0.770. The van der Waals surface area contributed by atoms with Crippen LogP contribution in [0, 0.1) is 10.5 Å². The molecule has 1 aromatic heterocycles. The Hall–Kier alpha value is -0.920. The Morgan fingerprint density at radius 2 is 2.18 bits per heavy atom. The van der Waals surface area contributed by atoms with E-state index in [0.29, 0.717) is 16.5 Å². The molecule has 5 nitrogen and oxygen atoms in total. The van der Waals surface area contributed by atoms with Gasteiger partial charge >= 0.3 is 5.97 Å². The molecule has 0 amide bonds. The molecule has 6 heteroatoms. The maximum Gasteiger partial charge on any atom is 0.303 e. The van der Waals surface area contributed by atoms with Crippen LogP contribution in [-0.2, 0) is 11.3 Å². The van der Waals surface area contributed by atoms with Gasteiger partial charge in [0.2, 0.25) is 0 Å². The molecule has 94 valence electrons. The second-order valence-electron chi connectivity index (χ2n) is 3.85. The Kier molecular flexibility index (Phi) is 5.60. The summed E-state index contributed by atoms with van der Waals surface area (Å²) in [6.07, 6.45) is 4.01. The first-order valence-corrected chi connectivity index (χ1v) is 6.53. The van der Waals surface area contributed by atoms with Crippen LogP contribution in [0.4, 0.5) is 0 Å². The predicted molar refractivity (Wildman–Crippen MR) is 72.1 cm³/mol. The average Bonchev–Trinajstić information content (AvgIpc) is 2.28. The Labute approximate surface area is 113 Å². The maximum absolute atomic E-state index is 11.8. The van der Waals surface area contributed by atoms with Crippen molar-refractivity contribution in [3.8, 4) is 0 Å². The molecule has 1 heterocycles. The Bertz CT molecular complexity index is 457.